The molecule has 0 aromatic heterocycles. The molecule has 0 saturated heterocycles. The minimum Gasteiger partial charge on any atom is -0.0622 e. The fourth-order valence-electron chi connectivity index (χ4n) is 1.14. The van der Waals surface area contributed by atoms with E-state index < -0.39 is 0 Å². The summed E-state index contributed by atoms with van der Waals surface area (Å²) in [6, 6.07) is 10.8. The Labute approximate surface area is 57.0 Å². The zero-order valence-electron chi connectivity index (χ0n) is 6.38. The predicted molar refractivity (Wildman–Crippen MR) is 39.5 cm³/mol. The van der Waals surface area contributed by atoms with Gasteiger partial charge in [0.25, 0.3) is 0 Å². The summed E-state index contributed by atoms with van der Waals surface area (Å²) in [6.45, 7) is 0. The van der Waals surface area contributed by atoms with Gasteiger partial charge in [0.05, 0.1) is 0 Å². The maximum atomic E-state index is 2.22. The molecule has 2 rings (SSSR count). The molecule has 46 valence electrons. The van der Waals surface area contributed by atoms with Crippen LogP contribution in [0.5, 0.6) is 0 Å². The van der Waals surface area contributed by atoms with E-state index in [4.69, 9.17) is 0 Å². The SMILES string of the molecule is [H+].c1ccc(C2CC2)cc1. The van der Waals surface area contributed by atoms with E-state index in [1.165, 1.54) is 18.4 Å². The van der Waals surface area contributed by atoms with Crippen LogP contribution in [0.25, 0.3) is 0 Å². The lowest BCUT2D eigenvalue weighted by atomic mass is 10.1. The molecule has 1 aromatic rings. The van der Waals surface area contributed by atoms with Crippen molar-refractivity contribution >= 4 is 0 Å². The largest absolute Gasteiger partial charge is 1.00 e. The highest BCUT2D eigenvalue weighted by Gasteiger charge is 2.22. The van der Waals surface area contributed by atoms with Crippen molar-refractivity contribution in [2.75, 3.05) is 0 Å². The predicted octanol–water partition coefficient (Wildman–Crippen LogP) is 2.68. The average Bonchev–Trinajstić information content (AvgIpc) is 2.71. The van der Waals surface area contributed by atoms with Gasteiger partial charge >= 0.3 is 1.43 Å². The summed E-state index contributed by atoms with van der Waals surface area (Å²) in [5, 5.41) is 0. The van der Waals surface area contributed by atoms with Gasteiger partial charge in [-0.1, -0.05) is 30.3 Å². The molecule has 0 spiro atoms. The van der Waals surface area contributed by atoms with E-state index in [2.05, 4.69) is 30.3 Å². The smallest absolute Gasteiger partial charge is 0.0622 e. The summed E-state index contributed by atoms with van der Waals surface area (Å²) in [7, 11) is 0. The van der Waals surface area contributed by atoms with E-state index in [0.717, 1.165) is 5.92 Å². The second kappa shape index (κ2) is 1.87. The lowest BCUT2D eigenvalue weighted by molar-refractivity contribution is 1.13. The molecule has 9 heavy (non-hydrogen) atoms. The summed E-state index contributed by atoms with van der Waals surface area (Å²) < 4.78 is 0. The summed E-state index contributed by atoms with van der Waals surface area (Å²) in [4.78, 5) is 0. The molecule has 0 atom stereocenters. The van der Waals surface area contributed by atoms with Crippen LogP contribution in [0, 0.1) is 0 Å². The number of hydrogen-bond donors (Lipinski definition) is 0. The zero-order valence-corrected chi connectivity index (χ0v) is 5.38. The monoisotopic (exact) mass is 119 g/mol. The highest BCUT2D eigenvalue weighted by Crippen LogP contribution is 2.39. The average molecular weight is 119 g/mol. The minimum absolute atomic E-state index is 0. The highest BCUT2D eigenvalue weighted by molar-refractivity contribution is 5.22. The van der Waals surface area contributed by atoms with E-state index in [-0.39, 0.29) is 1.43 Å². The third-order valence-electron chi connectivity index (χ3n) is 1.85. The van der Waals surface area contributed by atoms with Crippen molar-refractivity contribution in [1.29, 1.82) is 0 Å². The molecule has 1 aliphatic rings. The van der Waals surface area contributed by atoms with Crippen LogP contribution in [0.1, 0.15) is 25.7 Å². The van der Waals surface area contributed by atoms with Gasteiger partial charge < -0.3 is 0 Å². The number of rotatable bonds is 1. The number of hydrogen-bond acceptors (Lipinski definition) is 0. The Hall–Kier alpha value is -0.780. The third-order valence-corrected chi connectivity index (χ3v) is 1.85. The first kappa shape index (κ1) is 5.04. The topological polar surface area (TPSA) is 0 Å². The molecule has 0 heteroatoms. The Balaban J connectivity index is 0.000000500. The molecule has 0 unspecified atom stereocenters. The molecule has 1 fully saturated rings. The van der Waals surface area contributed by atoms with Gasteiger partial charge in [-0.05, 0) is 24.3 Å². The quantitative estimate of drug-likeness (QED) is 0.533. The van der Waals surface area contributed by atoms with Gasteiger partial charge in [0, 0.05) is 0 Å². The van der Waals surface area contributed by atoms with Gasteiger partial charge in [-0.25, -0.2) is 0 Å². The van der Waals surface area contributed by atoms with E-state index in [0.29, 0.717) is 0 Å². The minimum atomic E-state index is 0. The Morgan fingerprint density at radius 1 is 1.11 bits per heavy atom. The van der Waals surface area contributed by atoms with Crippen LogP contribution >= 0.6 is 0 Å². The van der Waals surface area contributed by atoms with E-state index in [1.807, 2.05) is 0 Å². The van der Waals surface area contributed by atoms with Crippen LogP contribution in [0.15, 0.2) is 30.3 Å². The van der Waals surface area contributed by atoms with Gasteiger partial charge in [-0.15, -0.1) is 0 Å². The molecule has 1 saturated carbocycles. The maximum Gasteiger partial charge on any atom is 1.00 e. The van der Waals surface area contributed by atoms with Crippen molar-refractivity contribution in [3.63, 3.8) is 0 Å². The van der Waals surface area contributed by atoms with Crippen LogP contribution in [0.3, 0.4) is 0 Å². The van der Waals surface area contributed by atoms with Crippen LogP contribution in [0.2, 0.25) is 0 Å². The fraction of sp³-hybridized carbons (Fsp3) is 0.333. The van der Waals surface area contributed by atoms with E-state index in [9.17, 15) is 0 Å². The first-order chi connectivity index (χ1) is 4.47. The molecule has 1 aliphatic carbocycles. The molecule has 1 aromatic carbocycles. The van der Waals surface area contributed by atoms with E-state index in [1.54, 1.807) is 0 Å². The summed E-state index contributed by atoms with van der Waals surface area (Å²) in [5.41, 5.74) is 1.53. The molecular formula is C9H11+. The first-order valence-electron chi connectivity index (χ1n) is 3.52. The second-order valence-electron chi connectivity index (χ2n) is 2.68. The Kier molecular flexibility index (Phi) is 1.05. The van der Waals surface area contributed by atoms with Crippen LogP contribution in [-0.2, 0) is 0 Å². The summed E-state index contributed by atoms with van der Waals surface area (Å²) in [5.74, 6) is 0.909. The summed E-state index contributed by atoms with van der Waals surface area (Å²) >= 11 is 0. The molecule has 0 radical (unpaired) electrons. The normalized spacial score (nSPS) is 17.8. The van der Waals surface area contributed by atoms with Gasteiger partial charge in [0.15, 0.2) is 0 Å². The van der Waals surface area contributed by atoms with Crippen molar-refractivity contribution < 1.29 is 1.43 Å². The molecule has 0 bridgehead atoms. The Morgan fingerprint density at radius 3 is 2.33 bits per heavy atom. The zero-order chi connectivity index (χ0) is 6.10. The van der Waals surface area contributed by atoms with Crippen LogP contribution < -0.4 is 0 Å². The van der Waals surface area contributed by atoms with Crippen molar-refractivity contribution in [2.45, 2.75) is 18.8 Å². The van der Waals surface area contributed by atoms with Gasteiger partial charge in [0.2, 0.25) is 0 Å². The highest BCUT2D eigenvalue weighted by atomic mass is 14.3. The van der Waals surface area contributed by atoms with Gasteiger partial charge in [-0.2, -0.15) is 0 Å². The Bertz CT molecular complexity index is 189. The molecule has 0 aliphatic heterocycles. The fourth-order valence-corrected chi connectivity index (χ4v) is 1.14. The number of benzene rings is 1. The van der Waals surface area contributed by atoms with Crippen molar-refractivity contribution in [2.24, 2.45) is 0 Å². The van der Waals surface area contributed by atoms with E-state index >= 15 is 0 Å². The molecule has 0 nitrogen and oxygen atoms in total. The van der Waals surface area contributed by atoms with Crippen molar-refractivity contribution in [3.05, 3.63) is 35.9 Å². The second-order valence-corrected chi connectivity index (χ2v) is 2.68. The standard InChI is InChI=1S/C9H10/c1-2-4-8(5-3-1)9-6-7-9/h1-5,9H,6-7H2/p+1. The summed E-state index contributed by atoms with van der Waals surface area (Å²) in [6.07, 6.45) is 2.81. The molecule has 0 amide bonds. The van der Waals surface area contributed by atoms with Gasteiger partial charge in [0.1, 0.15) is 0 Å². The molecule has 0 heterocycles. The third kappa shape index (κ3) is 0.973. The van der Waals surface area contributed by atoms with Crippen molar-refractivity contribution in [3.8, 4) is 0 Å². The van der Waals surface area contributed by atoms with Crippen LogP contribution in [0.4, 0.5) is 0 Å². The Morgan fingerprint density at radius 2 is 1.78 bits per heavy atom. The first-order valence-corrected chi connectivity index (χ1v) is 3.52. The van der Waals surface area contributed by atoms with Gasteiger partial charge in [-0.3, -0.25) is 0 Å². The molecule has 0 N–H and O–H groups in total. The van der Waals surface area contributed by atoms with Crippen molar-refractivity contribution in [1.82, 2.24) is 0 Å². The lowest BCUT2D eigenvalue weighted by Crippen LogP contribution is -1.73. The van der Waals surface area contributed by atoms with Crippen LogP contribution in [-0.4, -0.2) is 0 Å². The lowest BCUT2D eigenvalue weighted by Gasteiger charge is -1.92. The maximum absolute atomic E-state index is 2.22. The molecular weight excluding hydrogens is 108 g/mol.